The number of hydrogen-bond donors (Lipinski definition) is 2. The van der Waals surface area contributed by atoms with Gasteiger partial charge in [-0.15, -0.1) is 0 Å². The molecule has 0 atom stereocenters. The summed E-state index contributed by atoms with van der Waals surface area (Å²) in [7, 11) is 0. The summed E-state index contributed by atoms with van der Waals surface area (Å²) in [6.07, 6.45) is 0.717. The van der Waals surface area contributed by atoms with Crippen molar-refractivity contribution in [1.82, 2.24) is 4.90 Å². The number of nitrogens with zero attached hydrogens (tertiary/aromatic N) is 2. The van der Waals surface area contributed by atoms with Crippen LogP contribution in [-0.4, -0.2) is 35.1 Å². The Morgan fingerprint density at radius 3 is 3.00 bits per heavy atom. The average Bonchev–Trinajstić information content (AvgIpc) is 2.13. The summed E-state index contributed by atoms with van der Waals surface area (Å²) < 4.78 is 0. The summed E-state index contributed by atoms with van der Waals surface area (Å²) >= 11 is 0. The molecule has 0 saturated heterocycles. The molecule has 1 aliphatic heterocycles. The van der Waals surface area contributed by atoms with Crippen molar-refractivity contribution in [2.24, 2.45) is 10.7 Å². The summed E-state index contributed by atoms with van der Waals surface area (Å²) in [6.45, 7) is 1.10. The molecule has 1 heterocycles. The maximum atomic E-state index is 10.5. The predicted octanol–water partition coefficient (Wildman–Crippen LogP) is 0.0749. The molecule has 0 aromatic rings. The molecule has 0 radical (unpaired) electrons. The van der Waals surface area contributed by atoms with Crippen molar-refractivity contribution in [3.05, 3.63) is 0 Å². The van der Waals surface area contributed by atoms with Crippen LogP contribution < -0.4 is 5.73 Å². The molecule has 0 aromatic carbocycles. The first kappa shape index (κ1) is 7.84. The molecule has 0 aliphatic carbocycles. The molecule has 0 unspecified atom stereocenters. The molecule has 62 valence electrons. The van der Waals surface area contributed by atoms with Gasteiger partial charge in [0.25, 0.3) is 0 Å². The molecule has 5 nitrogen and oxygen atoms in total. The molecule has 1 aliphatic rings. The van der Waals surface area contributed by atoms with E-state index in [1.807, 2.05) is 0 Å². The van der Waals surface area contributed by atoms with Gasteiger partial charge in [0, 0.05) is 13.1 Å². The van der Waals surface area contributed by atoms with Crippen molar-refractivity contribution < 1.29 is 9.90 Å². The predicted molar refractivity (Wildman–Crippen MR) is 40.5 cm³/mol. The van der Waals surface area contributed by atoms with Crippen molar-refractivity contribution in [3.63, 3.8) is 0 Å². The van der Waals surface area contributed by atoms with Gasteiger partial charge in [-0.25, -0.2) is 9.69 Å². The van der Waals surface area contributed by atoms with Gasteiger partial charge in [0.2, 0.25) is 5.96 Å². The summed E-state index contributed by atoms with van der Waals surface area (Å²) in [6, 6.07) is 0. The Balaban J connectivity index is 2.67. The fourth-order valence-corrected chi connectivity index (χ4v) is 0.969. The van der Waals surface area contributed by atoms with Crippen LogP contribution in [0.3, 0.4) is 0 Å². The Hall–Kier alpha value is -1.26. The van der Waals surface area contributed by atoms with E-state index in [2.05, 4.69) is 4.99 Å². The second-order valence-electron chi connectivity index (χ2n) is 2.38. The van der Waals surface area contributed by atoms with Crippen LogP contribution >= 0.6 is 0 Å². The van der Waals surface area contributed by atoms with Crippen LogP contribution in [0, 0.1) is 0 Å². The van der Waals surface area contributed by atoms with E-state index in [0.29, 0.717) is 13.1 Å². The first-order valence-corrected chi connectivity index (χ1v) is 3.52. The minimum atomic E-state index is -1.02. The van der Waals surface area contributed by atoms with E-state index in [-0.39, 0.29) is 5.96 Å². The summed E-state index contributed by atoms with van der Waals surface area (Å²) in [5.74, 6) is 0.120. The number of carbonyl (C=O) groups is 1. The minimum absolute atomic E-state index is 0.120. The topological polar surface area (TPSA) is 78.9 Å². The smallest absolute Gasteiger partial charge is 0.414 e. The quantitative estimate of drug-likeness (QED) is 0.522. The van der Waals surface area contributed by atoms with Crippen LogP contribution in [0.25, 0.3) is 0 Å². The van der Waals surface area contributed by atoms with Gasteiger partial charge in [0.15, 0.2) is 0 Å². The van der Waals surface area contributed by atoms with E-state index in [1.165, 1.54) is 0 Å². The summed E-state index contributed by atoms with van der Waals surface area (Å²) in [5.41, 5.74) is 5.38. The molecular formula is C6H11N3O2. The maximum Gasteiger partial charge on any atom is 0.414 e. The third-order valence-electron chi connectivity index (χ3n) is 1.57. The fourth-order valence-electron chi connectivity index (χ4n) is 0.969. The van der Waals surface area contributed by atoms with Crippen molar-refractivity contribution in [3.8, 4) is 0 Å². The highest BCUT2D eigenvalue weighted by molar-refractivity contribution is 5.92. The molecule has 0 bridgehead atoms. The normalized spacial score (nSPS) is 18.9. The van der Waals surface area contributed by atoms with E-state index in [1.54, 1.807) is 0 Å². The zero-order chi connectivity index (χ0) is 8.27. The van der Waals surface area contributed by atoms with Crippen LogP contribution in [0.15, 0.2) is 4.99 Å². The number of hydrogen-bond acceptors (Lipinski definition) is 3. The van der Waals surface area contributed by atoms with Crippen molar-refractivity contribution >= 4 is 12.1 Å². The Morgan fingerprint density at radius 2 is 2.36 bits per heavy atom. The van der Waals surface area contributed by atoms with Gasteiger partial charge >= 0.3 is 6.09 Å². The largest absolute Gasteiger partial charge is 0.465 e. The zero-order valence-corrected chi connectivity index (χ0v) is 6.16. The second-order valence-corrected chi connectivity index (χ2v) is 2.38. The van der Waals surface area contributed by atoms with Crippen LogP contribution in [-0.2, 0) is 0 Å². The third kappa shape index (κ3) is 1.83. The summed E-state index contributed by atoms with van der Waals surface area (Å²) in [4.78, 5) is 15.4. The minimum Gasteiger partial charge on any atom is -0.465 e. The molecule has 0 aromatic heterocycles. The Kier molecular flexibility index (Phi) is 2.30. The number of guanidine groups is 1. The number of aliphatic imine (C=N–C) groups is 1. The van der Waals surface area contributed by atoms with Crippen LogP contribution in [0.4, 0.5) is 4.79 Å². The highest BCUT2D eigenvalue weighted by atomic mass is 16.4. The fraction of sp³-hybridized carbons (Fsp3) is 0.667. The summed E-state index contributed by atoms with van der Waals surface area (Å²) in [5, 5.41) is 8.60. The molecule has 11 heavy (non-hydrogen) atoms. The molecule has 1 rings (SSSR count). The number of carboxylic acid groups (broad SMARTS) is 1. The SMILES string of the molecule is NC1=NCCCCN1C(=O)O. The van der Waals surface area contributed by atoms with Crippen LogP contribution in [0.5, 0.6) is 0 Å². The van der Waals surface area contributed by atoms with Crippen molar-refractivity contribution in [1.29, 1.82) is 0 Å². The number of nitrogens with two attached hydrogens (primary N) is 1. The van der Waals surface area contributed by atoms with Gasteiger partial charge in [-0.3, -0.25) is 4.99 Å². The van der Waals surface area contributed by atoms with Gasteiger partial charge in [0.1, 0.15) is 0 Å². The highest BCUT2D eigenvalue weighted by Crippen LogP contribution is 2.01. The van der Waals surface area contributed by atoms with Crippen molar-refractivity contribution in [2.45, 2.75) is 12.8 Å². The number of rotatable bonds is 0. The standard InChI is InChI=1S/C6H11N3O2/c7-5-8-3-1-2-4-9(5)6(10)11/h1-4H2,(H2,7,8)(H,10,11). The first-order valence-electron chi connectivity index (χ1n) is 3.52. The van der Waals surface area contributed by atoms with E-state index in [0.717, 1.165) is 17.7 Å². The Labute approximate surface area is 64.5 Å². The third-order valence-corrected chi connectivity index (χ3v) is 1.57. The van der Waals surface area contributed by atoms with Gasteiger partial charge in [0.05, 0.1) is 0 Å². The molecule has 5 heteroatoms. The molecule has 3 N–H and O–H groups in total. The maximum absolute atomic E-state index is 10.5. The van der Waals surface area contributed by atoms with Gasteiger partial charge < -0.3 is 10.8 Å². The first-order chi connectivity index (χ1) is 5.22. The molecule has 0 fully saturated rings. The monoisotopic (exact) mass is 157 g/mol. The second kappa shape index (κ2) is 3.23. The lowest BCUT2D eigenvalue weighted by Crippen LogP contribution is -2.40. The van der Waals surface area contributed by atoms with E-state index in [4.69, 9.17) is 10.8 Å². The van der Waals surface area contributed by atoms with Gasteiger partial charge in [-0.2, -0.15) is 0 Å². The van der Waals surface area contributed by atoms with Crippen LogP contribution in [0.2, 0.25) is 0 Å². The molecule has 0 spiro atoms. The lowest BCUT2D eigenvalue weighted by atomic mass is 10.3. The van der Waals surface area contributed by atoms with Gasteiger partial charge in [-0.1, -0.05) is 0 Å². The van der Waals surface area contributed by atoms with Crippen molar-refractivity contribution in [2.75, 3.05) is 13.1 Å². The van der Waals surface area contributed by atoms with E-state index in [9.17, 15) is 4.79 Å². The van der Waals surface area contributed by atoms with Gasteiger partial charge in [-0.05, 0) is 12.8 Å². The Bertz CT molecular complexity index is 190. The lowest BCUT2D eigenvalue weighted by Gasteiger charge is -2.14. The van der Waals surface area contributed by atoms with E-state index >= 15 is 0 Å². The Morgan fingerprint density at radius 1 is 1.64 bits per heavy atom. The van der Waals surface area contributed by atoms with Crippen LogP contribution in [0.1, 0.15) is 12.8 Å². The molecule has 0 saturated carbocycles. The number of amides is 1. The average molecular weight is 157 g/mol. The van der Waals surface area contributed by atoms with E-state index < -0.39 is 6.09 Å². The zero-order valence-electron chi connectivity index (χ0n) is 6.16. The lowest BCUT2D eigenvalue weighted by molar-refractivity contribution is 0.169. The molecule has 1 amide bonds. The molecular weight excluding hydrogens is 146 g/mol. The highest BCUT2D eigenvalue weighted by Gasteiger charge is 2.16.